The maximum Gasteiger partial charge on any atom is 0.254 e. The summed E-state index contributed by atoms with van der Waals surface area (Å²) < 4.78 is 1.99. The molecule has 0 aliphatic carbocycles. The lowest BCUT2D eigenvalue weighted by Gasteiger charge is -2.06. The topological polar surface area (TPSA) is 62.5 Å². The average Bonchev–Trinajstić information content (AvgIpc) is 2.80. The summed E-state index contributed by atoms with van der Waals surface area (Å²) in [4.78, 5) is 17.4. The van der Waals surface area contributed by atoms with Crippen LogP contribution in [0.25, 0.3) is 0 Å². The van der Waals surface area contributed by atoms with E-state index in [0.29, 0.717) is 11.7 Å². The number of nitrogens with zero attached hydrogens (tertiary/aromatic N) is 4. The normalized spacial score (nSPS) is 14.4. The van der Waals surface area contributed by atoms with Gasteiger partial charge in [0.1, 0.15) is 5.69 Å². The van der Waals surface area contributed by atoms with Gasteiger partial charge in [-0.2, -0.15) is 5.10 Å². The highest BCUT2D eigenvalue weighted by molar-refractivity contribution is 7.99. The van der Waals surface area contributed by atoms with Crippen LogP contribution in [-0.4, -0.2) is 53.0 Å². The Labute approximate surface area is 114 Å². The molecule has 98 valence electrons. The number of likely N-dealkylation sites (N-methyl/N-ethyl adjacent to an activating group) is 1. The summed E-state index contributed by atoms with van der Waals surface area (Å²) in [5.74, 6) is 0.829. The van der Waals surface area contributed by atoms with E-state index in [1.54, 1.807) is 16.7 Å². The lowest BCUT2D eigenvalue weighted by molar-refractivity contribution is -0.121. The number of halogens is 1. The molecule has 1 aliphatic heterocycles. The minimum atomic E-state index is -0.164. The van der Waals surface area contributed by atoms with E-state index in [4.69, 9.17) is 11.6 Å². The molecule has 1 aromatic rings. The second-order valence-electron chi connectivity index (χ2n) is 4.10. The molecule has 0 radical (unpaired) electrons. The Bertz CT molecular complexity index is 485. The summed E-state index contributed by atoms with van der Waals surface area (Å²) in [7, 11) is 3.64. The summed E-state index contributed by atoms with van der Waals surface area (Å²) in [6.07, 6.45) is 1.54. The molecule has 1 N–H and O–H groups in total. The zero-order valence-corrected chi connectivity index (χ0v) is 11.8. The van der Waals surface area contributed by atoms with E-state index in [2.05, 4.69) is 15.5 Å². The largest absolute Gasteiger partial charge is 0.316 e. The predicted octanol–water partition coefficient (Wildman–Crippen LogP) is 0.654. The zero-order chi connectivity index (χ0) is 13.1. The van der Waals surface area contributed by atoms with E-state index >= 15 is 0 Å². The van der Waals surface area contributed by atoms with Crippen LogP contribution >= 0.6 is 23.4 Å². The molecule has 1 aromatic heterocycles. The lowest BCUT2D eigenvalue weighted by atomic mass is 10.5. The van der Waals surface area contributed by atoms with Gasteiger partial charge in [0.05, 0.1) is 12.8 Å². The lowest BCUT2D eigenvalue weighted by Crippen LogP contribution is -2.30. The SMILES string of the molecule is CN(C)CC(=O)N/N=C/c1c(Cl)nc2n1CCS2. The van der Waals surface area contributed by atoms with Gasteiger partial charge in [0, 0.05) is 12.3 Å². The minimum Gasteiger partial charge on any atom is -0.316 e. The van der Waals surface area contributed by atoms with Crippen molar-refractivity contribution in [3.63, 3.8) is 0 Å². The number of nitrogens with one attached hydrogen (secondary N) is 1. The number of imidazole rings is 1. The quantitative estimate of drug-likeness (QED) is 0.653. The number of amides is 1. The molecule has 2 rings (SSSR count). The predicted molar refractivity (Wildman–Crippen MR) is 72.3 cm³/mol. The van der Waals surface area contributed by atoms with Crippen molar-refractivity contribution in [3.8, 4) is 0 Å². The van der Waals surface area contributed by atoms with Gasteiger partial charge in [-0.25, -0.2) is 10.4 Å². The van der Waals surface area contributed by atoms with Crippen LogP contribution in [0.3, 0.4) is 0 Å². The van der Waals surface area contributed by atoms with Gasteiger partial charge in [-0.3, -0.25) is 4.79 Å². The molecule has 1 aliphatic rings. The maximum atomic E-state index is 11.4. The van der Waals surface area contributed by atoms with E-state index < -0.39 is 0 Å². The molecule has 0 aromatic carbocycles. The summed E-state index contributed by atoms with van der Waals surface area (Å²) in [6, 6.07) is 0. The van der Waals surface area contributed by atoms with Crippen molar-refractivity contribution in [2.24, 2.45) is 5.10 Å². The van der Waals surface area contributed by atoms with Gasteiger partial charge in [0.2, 0.25) is 0 Å². The molecule has 8 heteroatoms. The first-order valence-corrected chi connectivity index (χ1v) is 6.79. The minimum absolute atomic E-state index is 0.164. The van der Waals surface area contributed by atoms with Crippen LogP contribution < -0.4 is 5.43 Å². The Morgan fingerprint density at radius 3 is 3.22 bits per heavy atom. The first-order valence-electron chi connectivity index (χ1n) is 5.43. The fourth-order valence-electron chi connectivity index (χ4n) is 1.58. The molecule has 18 heavy (non-hydrogen) atoms. The summed E-state index contributed by atoms with van der Waals surface area (Å²) in [5.41, 5.74) is 3.19. The van der Waals surface area contributed by atoms with Gasteiger partial charge in [0.25, 0.3) is 5.91 Å². The van der Waals surface area contributed by atoms with Gasteiger partial charge >= 0.3 is 0 Å². The second kappa shape index (κ2) is 5.73. The highest BCUT2D eigenvalue weighted by Crippen LogP contribution is 2.29. The number of fused-ring (bicyclic) bond motifs is 1. The third-order valence-corrected chi connectivity index (χ3v) is 3.54. The Morgan fingerprint density at radius 1 is 1.72 bits per heavy atom. The number of hydrogen-bond acceptors (Lipinski definition) is 5. The molecular weight excluding hydrogens is 274 g/mol. The van der Waals surface area contributed by atoms with Crippen LogP contribution in [0.2, 0.25) is 5.15 Å². The molecule has 0 saturated carbocycles. The summed E-state index contributed by atoms with van der Waals surface area (Å²) in [6.45, 7) is 1.16. The van der Waals surface area contributed by atoms with Crippen molar-refractivity contribution >= 4 is 35.5 Å². The fraction of sp³-hybridized carbons (Fsp3) is 0.500. The molecule has 0 bridgehead atoms. The van der Waals surface area contributed by atoms with Crippen molar-refractivity contribution in [2.75, 3.05) is 26.4 Å². The third kappa shape index (κ3) is 3.04. The van der Waals surface area contributed by atoms with Crippen LogP contribution in [-0.2, 0) is 11.3 Å². The molecule has 1 amide bonds. The van der Waals surface area contributed by atoms with Crippen molar-refractivity contribution in [2.45, 2.75) is 11.7 Å². The van der Waals surface area contributed by atoms with Crippen molar-refractivity contribution < 1.29 is 4.79 Å². The third-order valence-electron chi connectivity index (χ3n) is 2.31. The van der Waals surface area contributed by atoms with Gasteiger partial charge in [0.15, 0.2) is 10.3 Å². The standard InChI is InChI=1S/C10H14ClN5OS/c1-15(2)6-8(17)14-12-5-7-9(11)13-10-16(7)3-4-18-10/h5H,3-4,6H2,1-2H3,(H,14,17)/b12-5+. The van der Waals surface area contributed by atoms with Crippen LogP contribution in [0, 0.1) is 0 Å². The van der Waals surface area contributed by atoms with Crippen molar-refractivity contribution in [1.82, 2.24) is 19.9 Å². The van der Waals surface area contributed by atoms with E-state index in [9.17, 15) is 4.79 Å². The first kappa shape index (κ1) is 13.4. The van der Waals surface area contributed by atoms with Crippen molar-refractivity contribution in [1.29, 1.82) is 0 Å². The smallest absolute Gasteiger partial charge is 0.254 e. The molecule has 0 saturated heterocycles. The number of thioether (sulfide) groups is 1. The van der Waals surface area contributed by atoms with Gasteiger partial charge < -0.3 is 9.47 Å². The Kier molecular flexibility index (Phi) is 4.26. The highest BCUT2D eigenvalue weighted by atomic mass is 35.5. The molecule has 6 nitrogen and oxygen atoms in total. The number of hydrazone groups is 1. The summed E-state index contributed by atoms with van der Waals surface area (Å²) >= 11 is 7.67. The van der Waals surface area contributed by atoms with Crippen LogP contribution in [0.1, 0.15) is 5.69 Å². The number of hydrogen-bond donors (Lipinski definition) is 1. The maximum absolute atomic E-state index is 11.4. The monoisotopic (exact) mass is 287 g/mol. The van der Waals surface area contributed by atoms with Gasteiger partial charge in [-0.05, 0) is 14.1 Å². The van der Waals surface area contributed by atoms with E-state index in [1.807, 2.05) is 18.7 Å². The molecule has 2 heterocycles. The van der Waals surface area contributed by atoms with E-state index in [0.717, 1.165) is 23.1 Å². The van der Waals surface area contributed by atoms with Gasteiger partial charge in [-0.15, -0.1) is 0 Å². The van der Waals surface area contributed by atoms with E-state index in [1.165, 1.54) is 6.21 Å². The molecule has 0 fully saturated rings. The first-order chi connectivity index (χ1) is 8.58. The number of carbonyl (C=O) groups excluding carboxylic acids is 1. The highest BCUT2D eigenvalue weighted by Gasteiger charge is 2.19. The van der Waals surface area contributed by atoms with Crippen LogP contribution in [0.15, 0.2) is 10.3 Å². The molecule has 0 spiro atoms. The Morgan fingerprint density at radius 2 is 2.50 bits per heavy atom. The van der Waals surface area contributed by atoms with Gasteiger partial charge in [-0.1, -0.05) is 23.4 Å². The Hall–Kier alpha value is -1.05. The molecule has 0 atom stereocenters. The molecule has 0 unspecified atom stereocenters. The second-order valence-corrected chi connectivity index (χ2v) is 5.52. The summed E-state index contributed by atoms with van der Waals surface area (Å²) in [5, 5.41) is 5.22. The fourth-order valence-corrected chi connectivity index (χ4v) is 2.82. The average molecular weight is 288 g/mol. The van der Waals surface area contributed by atoms with Crippen LogP contribution in [0.5, 0.6) is 0 Å². The van der Waals surface area contributed by atoms with Crippen LogP contribution in [0.4, 0.5) is 0 Å². The zero-order valence-electron chi connectivity index (χ0n) is 10.2. The van der Waals surface area contributed by atoms with E-state index in [-0.39, 0.29) is 5.91 Å². The van der Waals surface area contributed by atoms with Crippen molar-refractivity contribution in [3.05, 3.63) is 10.8 Å². The Balaban J connectivity index is 1.99. The number of rotatable bonds is 4. The number of aromatic nitrogens is 2. The molecular formula is C10H14ClN5OS. The number of carbonyl (C=O) groups is 1.